The average Bonchev–Trinajstić information content (AvgIpc) is 2.19. The van der Waals surface area contributed by atoms with E-state index in [4.69, 9.17) is 5.11 Å². The first-order valence-electron chi connectivity index (χ1n) is 4.59. The molecule has 16 heavy (non-hydrogen) atoms. The van der Waals surface area contributed by atoms with E-state index in [1.165, 1.54) is 0 Å². The van der Waals surface area contributed by atoms with Gasteiger partial charge >= 0.3 is 5.97 Å². The van der Waals surface area contributed by atoms with Crippen LogP contribution in [0.3, 0.4) is 0 Å². The zero-order valence-electron chi connectivity index (χ0n) is 8.44. The first-order chi connectivity index (χ1) is 7.50. The van der Waals surface area contributed by atoms with E-state index in [0.717, 1.165) is 5.56 Å². The van der Waals surface area contributed by atoms with Crippen LogP contribution in [-0.4, -0.2) is 21.2 Å². The first kappa shape index (κ1) is 10.2. The van der Waals surface area contributed by atoms with E-state index in [9.17, 15) is 14.7 Å². The van der Waals surface area contributed by atoms with Gasteiger partial charge in [-0.05, 0) is 19.1 Å². The number of hydrogen-bond donors (Lipinski definition) is 3. The predicted molar refractivity (Wildman–Crippen MR) is 57.9 cm³/mol. The van der Waals surface area contributed by atoms with Gasteiger partial charge in [-0.2, -0.15) is 0 Å². The fourth-order valence-electron chi connectivity index (χ4n) is 1.59. The molecule has 82 valence electrons. The molecule has 2 rings (SSSR count). The standard InChI is InChI=1S/C11H9NO4/c1-5-2-3-7-6(4-5)9(13)8(11(15)16)10(14)12-7/h2-4H,1H3,(H,15,16)(H2,12,13,14). The number of H-pyrrole nitrogens is 1. The summed E-state index contributed by atoms with van der Waals surface area (Å²) in [6.07, 6.45) is 0. The maximum absolute atomic E-state index is 11.4. The van der Waals surface area contributed by atoms with Crippen molar-refractivity contribution < 1.29 is 15.0 Å². The van der Waals surface area contributed by atoms with Crippen molar-refractivity contribution in [3.63, 3.8) is 0 Å². The van der Waals surface area contributed by atoms with Gasteiger partial charge in [0.2, 0.25) is 0 Å². The fourth-order valence-corrected chi connectivity index (χ4v) is 1.59. The Morgan fingerprint density at radius 1 is 1.38 bits per heavy atom. The number of hydrogen-bond acceptors (Lipinski definition) is 3. The lowest BCUT2D eigenvalue weighted by Gasteiger charge is -2.04. The van der Waals surface area contributed by atoms with E-state index >= 15 is 0 Å². The van der Waals surface area contributed by atoms with Gasteiger partial charge in [0.1, 0.15) is 5.75 Å². The molecule has 1 aromatic heterocycles. The number of rotatable bonds is 1. The highest BCUT2D eigenvalue weighted by molar-refractivity contribution is 5.98. The van der Waals surface area contributed by atoms with Crippen LogP contribution < -0.4 is 5.56 Å². The summed E-state index contributed by atoms with van der Waals surface area (Å²) in [5, 5.41) is 18.9. The number of aryl methyl sites for hydroxylation is 1. The van der Waals surface area contributed by atoms with Crippen molar-refractivity contribution in [3.8, 4) is 5.75 Å². The van der Waals surface area contributed by atoms with Crippen LogP contribution in [0.4, 0.5) is 0 Å². The largest absolute Gasteiger partial charge is 0.506 e. The number of aromatic carboxylic acids is 1. The summed E-state index contributed by atoms with van der Waals surface area (Å²) in [6, 6.07) is 5.00. The van der Waals surface area contributed by atoms with Crippen LogP contribution in [0.1, 0.15) is 15.9 Å². The summed E-state index contributed by atoms with van der Waals surface area (Å²) in [4.78, 5) is 24.6. The summed E-state index contributed by atoms with van der Waals surface area (Å²) in [6.45, 7) is 1.81. The molecule has 0 fully saturated rings. The predicted octanol–water partition coefficient (Wildman–Crippen LogP) is 1.24. The van der Waals surface area contributed by atoms with Crippen molar-refractivity contribution in [3.05, 3.63) is 39.7 Å². The van der Waals surface area contributed by atoms with Crippen LogP contribution in [-0.2, 0) is 0 Å². The number of fused-ring (bicyclic) bond motifs is 1. The molecule has 1 heterocycles. The van der Waals surface area contributed by atoms with Crippen LogP contribution in [0.25, 0.3) is 10.9 Å². The molecule has 2 aromatic rings. The van der Waals surface area contributed by atoms with Crippen LogP contribution in [0.15, 0.2) is 23.0 Å². The Balaban J connectivity index is 2.96. The average molecular weight is 219 g/mol. The summed E-state index contributed by atoms with van der Waals surface area (Å²) in [7, 11) is 0. The van der Waals surface area contributed by atoms with Gasteiger partial charge < -0.3 is 15.2 Å². The van der Waals surface area contributed by atoms with E-state index in [0.29, 0.717) is 10.9 Å². The maximum atomic E-state index is 11.4. The van der Waals surface area contributed by atoms with Crippen LogP contribution in [0, 0.1) is 6.92 Å². The Kier molecular flexibility index (Phi) is 2.16. The van der Waals surface area contributed by atoms with Gasteiger partial charge in [-0.15, -0.1) is 0 Å². The number of benzene rings is 1. The molecule has 0 saturated heterocycles. The number of carboxylic acids is 1. The van der Waals surface area contributed by atoms with Gasteiger partial charge in [0.15, 0.2) is 5.56 Å². The second kappa shape index (κ2) is 3.37. The van der Waals surface area contributed by atoms with Crippen molar-refractivity contribution in [1.82, 2.24) is 4.98 Å². The highest BCUT2D eigenvalue weighted by atomic mass is 16.4. The van der Waals surface area contributed by atoms with E-state index in [1.54, 1.807) is 18.2 Å². The molecule has 0 aliphatic heterocycles. The first-order valence-corrected chi connectivity index (χ1v) is 4.59. The van der Waals surface area contributed by atoms with E-state index in [2.05, 4.69) is 4.98 Å². The van der Waals surface area contributed by atoms with E-state index in [-0.39, 0.29) is 0 Å². The lowest BCUT2D eigenvalue weighted by atomic mass is 10.1. The number of aromatic nitrogens is 1. The number of carbonyl (C=O) groups is 1. The quantitative estimate of drug-likeness (QED) is 0.673. The van der Waals surface area contributed by atoms with Gasteiger partial charge in [0.25, 0.3) is 5.56 Å². The molecule has 0 amide bonds. The summed E-state index contributed by atoms with van der Waals surface area (Å²) < 4.78 is 0. The molecule has 0 radical (unpaired) electrons. The zero-order valence-corrected chi connectivity index (χ0v) is 8.44. The Bertz CT molecular complexity index is 642. The molecule has 0 unspecified atom stereocenters. The number of carboxylic acid groups (broad SMARTS) is 1. The minimum Gasteiger partial charge on any atom is -0.506 e. The second-order valence-corrected chi connectivity index (χ2v) is 3.53. The van der Waals surface area contributed by atoms with Crippen molar-refractivity contribution >= 4 is 16.9 Å². The topological polar surface area (TPSA) is 90.4 Å². The molecule has 0 atom stereocenters. The van der Waals surface area contributed by atoms with Crippen LogP contribution >= 0.6 is 0 Å². The van der Waals surface area contributed by atoms with Gasteiger partial charge in [-0.3, -0.25) is 4.79 Å². The monoisotopic (exact) mass is 219 g/mol. The third-order valence-corrected chi connectivity index (χ3v) is 2.36. The Hall–Kier alpha value is -2.30. The number of aromatic hydroxyl groups is 1. The van der Waals surface area contributed by atoms with Crippen molar-refractivity contribution in [1.29, 1.82) is 0 Å². The second-order valence-electron chi connectivity index (χ2n) is 3.53. The highest BCUT2D eigenvalue weighted by Gasteiger charge is 2.17. The molecular formula is C11H9NO4. The Morgan fingerprint density at radius 2 is 2.06 bits per heavy atom. The van der Waals surface area contributed by atoms with E-state index < -0.39 is 22.8 Å². The lowest BCUT2D eigenvalue weighted by Crippen LogP contribution is -2.17. The molecule has 0 bridgehead atoms. The SMILES string of the molecule is Cc1ccc2[nH]c(=O)c(C(=O)O)c(O)c2c1. The lowest BCUT2D eigenvalue weighted by molar-refractivity contribution is 0.0692. The number of aromatic amines is 1. The molecule has 0 spiro atoms. The molecule has 0 saturated carbocycles. The third kappa shape index (κ3) is 1.42. The van der Waals surface area contributed by atoms with Gasteiger partial charge in [0, 0.05) is 5.39 Å². The number of pyridine rings is 1. The number of nitrogens with one attached hydrogen (secondary N) is 1. The zero-order chi connectivity index (χ0) is 11.9. The highest BCUT2D eigenvalue weighted by Crippen LogP contribution is 2.25. The summed E-state index contributed by atoms with van der Waals surface area (Å²) in [5.74, 6) is -1.93. The van der Waals surface area contributed by atoms with Gasteiger partial charge in [0.05, 0.1) is 5.52 Å². The van der Waals surface area contributed by atoms with E-state index in [1.807, 2.05) is 6.92 Å². The van der Waals surface area contributed by atoms with Crippen molar-refractivity contribution in [2.45, 2.75) is 6.92 Å². The molecule has 0 aliphatic rings. The third-order valence-electron chi connectivity index (χ3n) is 2.36. The molecule has 5 heteroatoms. The minimum absolute atomic E-state index is 0.331. The molecule has 3 N–H and O–H groups in total. The smallest absolute Gasteiger partial charge is 0.345 e. The normalized spacial score (nSPS) is 10.6. The van der Waals surface area contributed by atoms with Gasteiger partial charge in [-0.25, -0.2) is 4.79 Å². The summed E-state index contributed by atoms with van der Waals surface area (Å²) in [5.41, 5.74) is -0.149. The van der Waals surface area contributed by atoms with Crippen molar-refractivity contribution in [2.24, 2.45) is 0 Å². The Morgan fingerprint density at radius 3 is 2.69 bits per heavy atom. The van der Waals surface area contributed by atoms with Crippen molar-refractivity contribution in [2.75, 3.05) is 0 Å². The fraction of sp³-hybridized carbons (Fsp3) is 0.0909. The van der Waals surface area contributed by atoms with Gasteiger partial charge in [-0.1, -0.05) is 11.6 Å². The maximum Gasteiger partial charge on any atom is 0.345 e. The Labute approximate surface area is 90.0 Å². The molecule has 1 aromatic carbocycles. The minimum atomic E-state index is -1.44. The molecule has 5 nitrogen and oxygen atoms in total. The summed E-state index contributed by atoms with van der Waals surface area (Å²) >= 11 is 0. The van der Waals surface area contributed by atoms with Crippen LogP contribution in [0.5, 0.6) is 5.75 Å². The molecule has 0 aliphatic carbocycles. The van der Waals surface area contributed by atoms with Crippen LogP contribution in [0.2, 0.25) is 0 Å². The molecular weight excluding hydrogens is 210 g/mol.